The van der Waals surface area contributed by atoms with E-state index in [1.54, 1.807) is 54.6 Å². The van der Waals surface area contributed by atoms with Crippen molar-refractivity contribution in [2.24, 2.45) is 0 Å². The van der Waals surface area contributed by atoms with Gasteiger partial charge < -0.3 is 4.74 Å². The lowest BCUT2D eigenvalue weighted by Crippen LogP contribution is -2.40. The van der Waals surface area contributed by atoms with Crippen molar-refractivity contribution in [3.63, 3.8) is 0 Å². The summed E-state index contributed by atoms with van der Waals surface area (Å²) in [7, 11) is 0. The zero-order chi connectivity index (χ0) is 22.9. The molecule has 6 nitrogen and oxygen atoms in total. The molecular formula is C27H17NO5. The Labute approximate surface area is 189 Å². The van der Waals surface area contributed by atoms with Gasteiger partial charge in [0, 0.05) is 22.1 Å². The number of benzene rings is 4. The van der Waals surface area contributed by atoms with E-state index < -0.39 is 17.8 Å². The molecule has 4 aromatic rings. The maximum Gasteiger partial charge on any atom is 0.338 e. The van der Waals surface area contributed by atoms with Crippen LogP contribution in [0.1, 0.15) is 41.4 Å². The number of amides is 2. The van der Waals surface area contributed by atoms with Crippen LogP contribution in [-0.4, -0.2) is 30.2 Å². The second-order valence-corrected chi connectivity index (χ2v) is 7.57. The van der Waals surface area contributed by atoms with Crippen molar-refractivity contribution >= 4 is 40.0 Å². The number of nitrogens with zero attached hydrogens (tertiary/aromatic N) is 1. The quantitative estimate of drug-likeness (QED) is 0.258. The SMILES string of the molecule is O=C(COC(=O)c1ccc(N2C(=O)c3cccc4cccc(c34)C2=O)cc1)c1ccccc1. The van der Waals surface area contributed by atoms with E-state index in [4.69, 9.17) is 4.74 Å². The largest absolute Gasteiger partial charge is 0.454 e. The van der Waals surface area contributed by atoms with Crippen molar-refractivity contribution in [3.05, 3.63) is 113 Å². The molecule has 0 saturated heterocycles. The molecule has 33 heavy (non-hydrogen) atoms. The lowest BCUT2D eigenvalue weighted by Gasteiger charge is -2.27. The smallest absolute Gasteiger partial charge is 0.338 e. The van der Waals surface area contributed by atoms with Gasteiger partial charge in [0.15, 0.2) is 12.4 Å². The molecule has 0 aromatic heterocycles. The Bertz CT molecular complexity index is 1370. The molecule has 0 aliphatic carbocycles. The fraction of sp³-hybridized carbons (Fsp3) is 0.0370. The second kappa shape index (κ2) is 8.16. The molecule has 1 aliphatic rings. The third-order valence-corrected chi connectivity index (χ3v) is 5.56. The first-order valence-corrected chi connectivity index (χ1v) is 10.3. The Balaban J connectivity index is 1.35. The molecule has 0 N–H and O–H groups in total. The maximum atomic E-state index is 13.1. The van der Waals surface area contributed by atoms with Crippen LogP contribution in [-0.2, 0) is 4.74 Å². The third kappa shape index (κ3) is 3.57. The fourth-order valence-corrected chi connectivity index (χ4v) is 3.93. The molecule has 1 heterocycles. The zero-order valence-corrected chi connectivity index (χ0v) is 17.4. The van der Waals surface area contributed by atoms with E-state index in [0.717, 1.165) is 10.3 Å². The first-order valence-electron chi connectivity index (χ1n) is 10.3. The molecular weight excluding hydrogens is 418 g/mol. The van der Waals surface area contributed by atoms with Gasteiger partial charge in [-0.1, -0.05) is 54.6 Å². The van der Waals surface area contributed by atoms with Gasteiger partial charge in [-0.25, -0.2) is 9.69 Å². The van der Waals surface area contributed by atoms with Crippen LogP contribution in [0.2, 0.25) is 0 Å². The molecule has 160 valence electrons. The predicted molar refractivity (Wildman–Crippen MR) is 123 cm³/mol. The van der Waals surface area contributed by atoms with E-state index in [1.807, 2.05) is 12.1 Å². The monoisotopic (exact) mass is 435 g/mol. The van der Waals surface area contributed by atoms with Crippen LogP contribution in [0.5, 0.6) is 0 Å². The summed E-state index contributed by atoms with van der Waals surface area (Å²) in [6.45, 7) is -0.380. The van der Waals surface area contributed by atoms with Crippen LogP contribution in [0.25, 0.3) is 10.8 Å². The standard InChI is InChI=1S/C27H17NO5/c29-23(17-6-2-1-3-7-17)16-33-27(32)19-12-14-20(15-13-19)28-25(30)21-10-4-8-18-9-5-11-22(24(18)21)26(28)31/h1-15H,16H2. The lowest BCUT2D eigenvalue weighted by atomic mass is 9.94. The average Bonchev–Trinajstić information content (AvgIpc) is 2.86. The van der Waals surface area contributed by atoms with Gasteiger partial charge in [0.1, 0.15) is 0 Å². The molecule has 0 fully saturated rings. The van der Waals surface area contributed by atoms with Crippen LogP contribution in [0.3, 0.4) is 0 Å². The topological polar surface area (TPSA) is 80.8 Å². The summed E-state index contributed by atoms with van der Waals surface area (Å²) >= 11 is 0. The van der Waals surface area contributed by atoms with Gasteiger partial charge in [0.05, 0.1) is 11.3 Å². The highest BCUT2D eigenvalue weighted by atomic mass is 16.5. The first-order chi connectivity index (χ1) is 16.0. The van der Waals surface area contributed by atoms with Crippen molar-refractivity contribution in [2.45, 2.75) is 0 Å². The number of carbonyl (C=O) groups excluding carboxylic acids is 4. The molecule has 1 aliphatic heterocycles. The highest BCUT2D eigenvalue weighted by molar-refractivity contribution is 6.35. The van der Waals surface area contributed by atoms with Crippen LogP contribution >= 0.6 is 0 Å². The third-order valence-electron chi connectivity index (χ3n) is 5.56. The van der Waals surface area contributed by atoms with Gasteiger partial charge in [-0.15, -0.1) is 0 Å². The highest BCUT2D eigenvalue weighted by Crippen LogP contribution is 2.32. The van der Waals surface area contributed by atoms with E-state index in [1.165, 1.54) is 24.3 Å². The number of rotatable bonds is 5. The van der Waals surface area contributed by atoms with E-state index in [-0.39, 0.29) is 18.0 Å². The average molecular weight is 435 g/mol. The molecule has 0 unspecified atom stereocenters. The molecule has 0 radical (unpaired) electrons. The lowest BCUT2D eigenvalue weighted by molar-refractivity contribution is 0.0474. The Hall–Kier alpha value is -4.58. The normalized spacial score (nSPS) is 12.7. The molecule has 0 bridgehead atoms. The summed E-state index contributed by atoms with van der Waals surface area (Å²) in [6, 6.07) is 25.2. The van der Waals surface area contributed by atoms with E-state index in [9.17, 15) is 19.2 Å². The molecule has 0 atom stereocenters. The summed E-state index contributed by atoms with van der Waals surface area (Å²) in [5.74, 6) is -1.82. The van der Waals surface area contributed by atoms with Crippen LogP contribution in [0.15, 0.2) is 91.0 Å². The molecule has 5 rings (SSSR count). The number of carbonyl (C=O) groups is 4. The van der Waals surface area contributed by atoms with Gasteiger partial charge in [-0.3, -0.25) is 14.4 Å². The van der Waals surface area contributed by atoms with Gasteiger partial charge in [-0.2, -0.15) is 0 Å². The summed E-state index contributed by atoms with van der Waals surface area (Å²) in [5, 5.41) is 1.48. The van der Waals surface area contributed by atoms with E-state index in [2.05, 4.69) is 0 Å². The summed E-state index contributed by atoms with van der Waals surface area (Å²) in [5.41, 5.74) is 1.90. The van der Waals surface area contributed by atoms with Crippen LogP contribution in [0.4, 0.5) is 5.69 Å². The number of hydrogen-bond donors (Lipinski definition) is 0. The minimum absolute atomic E-state index is 0.207. The number of anilines is 1. The van der Waals surface area contributed by atoms with Crippen molar-refractivity contribution < 1.29 is 23.9 Å². The Morgan fingerprint density at radius 1 is 0.667 bits per heavy atom. The molecule has 2 amide bonds. The number of ether oxygens (including phenoxy) is 1. The molecule has 4 aromatic carbocycles. The minimum atomic E-state index is -0.669. The molecule has 6 heteroatoms. The molecule has 0 spiro atoms. The van der Waals surface area contributed by atoms with Crippen molar-refractivity contribution in [1.29, 1.82) is 0 Å². The highest BCUT2D eigenvalue weighted by Gasteiger charge is 2.33. The number of esters is 1. The number of hydrogen-bond acceptors (Lipinski definition) is 5. The van der Waals surface area contributed by atoms with E-state index >= 15 is 0 Å². The number of ketones is 1. The number of imide groups is 1. The van der Waals surface area contributed by atoms with Gasteiger partial charge in [0.2, 0.25) is 0 Å². The zero-order valence-electron chi connectivity index (χ0n) is 17.4. The summed E-state index contributed by atoms with van der Waals surface area (Å²) in [4.78, 5) is 51.8. The van der Waals surface area contributed by atoms with Crippen LogP contribution in [0, 0.1) is 0 Å². The second-order valence-electron chi connectivity index (χ2n) is 7.57. The summed E-state index contributed by atoms with van der Waals surface area (Å²) < 4.78 is 5.12. The predicted octanol–water partition coefficient (Wildman–Crippen LogP) is 4.68. The Kier molecular flexibility index (Phi) is 5.03. The van der Waals surface area contributed by atoms with Crippen molar-refractivity contribution in [2.75, 3.05) is 11.5 Å². The van der Waals surface area contributed by atoms with Crippen molar-refractivity contribution in [1.82, 2.24) is 0 Å². The van der Waals surface area contributed by atoms with Gasteiger partial charge in [0.25, 0.3) is 11.8 Å². The summed E-state index contributed by atoms with van der Waals surface area (Å²) in [6.07, 6.45) is 0. The maximum absolute atomic E-state index is 13.1. The minimum Gasteiger partial charge on any atom is -0.454 e. The van der Waals surface area contributed by atoms with Gasteiger partial charge >= 0.3 is 5.97 Å². The van der Waals surface area contributed by atoms with Crippen molar-refractivity contribution in [3.8, 4) is 0 Å². The van der Waals surface area contributed by atoms with Gasteiger partial charge in [-0.05, 0) is 41.8 Å². The van der Waals surface area contributed by atoms with Crippen LogP contribution < -0.4 is 4.90 Å². The Morgan fingerprint density at radius 2 is 1.27 bits per heavy atom. The van der Waals surface area contributed by atoms with E-state index in [0.29, 0.717) is 27.8 Å². The fourth-order valence-electron chi connectivity index (χ4n) is 3.93. The molecule has 0 saturated carbocycles. The first kappa shape index (κ1) is 20.3. The Morgan fingerprint density at radius 3 is 1.88 bits per heavy atom. The number of Topliss-reactive ketones (excluding diaryl/α,β-unsaturated/α-hetero) is 1.